The van der Waals surface area contributed by atoms with Crippen LogP contribution in [0.15, 0.2) is 91.0 Å². The lowest BCUT2D eigenvalue weighted by atomic mass is 9.45. The molecule has 2 nitrogen and oxygen atoms in total. The normalized spacial score (nSPS) is 14.3. The standard InChI is InChI=1S/C57H63BN2/c1-32-39(33-17-19-34(20-18-33)53(2,3)4)31-48-50-49(32)44-29-37(56(11,12)13)27-42-41-26-36(55(8,9)10)22-24-47(41)60(51(42)44)58(50)45-30-38(57(14,15)16)28-43-40-25-35(54(5,6)7)21-23-46(40)59(48)52(43)45/h17-31H,1-16H3. The minimum absolute atomic E-state index is 0.00295. The van der Waals surface area contributed by atoms with Gasteiger partial charge in [-0.1, -0.05) is 146 Å². The van der Waals surface area contributed by atoms with Crippen LogP contribution >= 0.6 is 0 Å². The molecule has 0 unspecified atom stereocenters. The highest BCUT2D eigenvalue weighted by Crippen LogP contribution is 2.49. The molecule has 0 bridgehead atoms. The van der Waals surface area contributed by atoms with E-state index in [1.54, 1.807) is 0 Å². The van der Waals surface area contributed by atoms with E-state index < -0.39 is 0 Å². The number of rotatable bonds is 1. The average molecular weight is 787 g/mol. The molecule has 3 heteroatoms. The number of hydrogen-bond donors (Lipinski definition) is 0. The third-order valence-electron chi connectivity index (χ3n) is 14.3. The van der Waals surface area contributed by atoms with Gasteiger partial charge in [-0.05, 0) is 144 Å². The Kier molecular flexibility index (Phi) is 7.88. The third-order valence-corrected chi connectivity index (χ3v) is 14.3. The number of fused-ring (bicyclic) bond motifs is 10. The summed E-state index contributed by atoms with van der Waals surface area (Å²) in [6, 6.07) is 36.9. The highest BCUT2D eigenvalue weighted by molar-refractivity contribution is 6.90. The minimum atomic E-state index is -0.0350. The molecule has 4 heterocycles. The topological polar surface area (TPSA) is 9.86 Å². The fraction of sp³-hybridized carbons (Fsp3) is 0.368. The summed E-state index contributed by atoms with van der Waals surface area (Å²) in [4.78, 5) is 0. The van der Waals surface area contributed by atoms with Gasteiger partial charge in [0.15, 0.2) is 0 Å². The first-order chi connectivity index (χ1) is 27.8. The van der Waals surface area contributed by atoms with Crippen LogP contribution in [0.5, 0.6) is 0 Å². The van der Waals surface area contributed by atoms with E-state index in [0.29, 0.717) is 0 Å². The van der Waals surface area contributed by atoms with Crippen LogP contribution in [0.25, 0.3) is 71.6 Å². The Labute approximate surface area is 359 Å². The molecule has 0 spiro atoms. The van der Waals surface area contributed by atoms with Crippen LogP contribution in [-0.2, 0) is 27.1 Å². The average Bonchev–Trinajstić information content (AvgIpc) is 3.66. The molecule has 2 aliphatic rings. The van der Waals surface area contributed by atoms with Crippen molar-refractivity contribution < 1.29 is 0 Å². The first kappa shape index (κ1) is 39.1. The van der Waals surface area contributed by atoms with E-state index in [1.165, 1.54) is 116 Å². The largest absolute Gasteiger partial charge is 0.375 e. The van der Waals surface area contributed by atoms with Crippen molar-refractivity contribution in [2.75, 3.05) is 0 Å². The molecule has 0 saturated heterocycles. The summed E-state index contributed by atoms with van der Waals surface area (Å²) in [5.74, 6) is 0. The molecular formula is C57H63BN2. The summed E-state index contributed by atoms with van der Waals surface area (Å²) in [6.45, 7) is 37.7. The van der Waals surface area contributed by atoms with Crippen molar-refractivity contribution in [2.24, 2.45) is 0 Å². The van der Waals surface area contributed by atoms with Crippen LogP contribution < -0.4 is 10.9 Å². The van der Waals surface area contributed by atoms with Gasteiger partial charge in [-0.3, -0.25) is 0 Å². The van der Waals surface area contributed by atoms with Crippen molar-refractivity contribution in [3.05, 3.63) is 124 Å². The Morgan fingerprint density at radius 3 is 1.43 bits per heavy atom. The van der Waals surface area contributed by atoms with E-state index in [4.69, 9.17) is 0 Å². The second-order valence-electron chi connectivity index (χ2n) is 23.6. The third kappa shape index (κ3) is 5.53. The maximum absolute atomic E-state index is 2.77. The molecule has 2 aromatic heterocycles. The number of nitrogens with zero attached hydrogens (tertiary/aromatic N) is 2. The van der Waals surface area contributed by atoms with Gasteiger partial charge in [0, 0.05) is 43.8 Å². The Morgan fingerprint density at radius 2 is 0.883 bits per heavy atom. The molecule has 0 atom stereocenters. The van der Waals surface area contributed by atoms with Gasteiger partial charge in [0.05, 0.1) is 11.0 Å². The zero-order chi connectivity index (χ0) is 43.0. The molecular weight excluding hydrogens is 723 g/mol. The van der Waals surface area contributed by atoms with E-state index >= 15 is 0 Å². The zero-order valence-electron chi connectivity index (χ0n) is 39.1. The molecule has 60 heavy (non-hydrogen) atoms. The summed E-state index contributed by atoms with van der Waals surface area (Å²) in [7, 11) is 0. The molecule has 0 radical (unpaired) electrons. The maximum atomic E-state index is 2.77. The lowest BCUT2D eigenvalue weighted by Gasteiger charge is -2.37. The van der Waals surface area contributed by atoms with Gasteiger partial charge in [0.1, 0.15) is 0 Å². The molecule has 0 aliphatic carbocycles. The van der Waals surface area contributed by atoms with Crippen molar-refractivity contribution in [3.63, 3.8) is 0 Å². The van der Waals surface area contributed by atoms with E-state index in [1.807, 2.05) is 0 Å². The van der Waals surface area contributed by atoms with E-state index in [9.17, 15) is 0 Å². The Morgan fingerprint density at radius 1 is 0.417 bits per heavy atom. The SMILES string of the molecule is Cc1c(-c2ccc(C(C)(C)C)cc2)cc2c3c1-c1cc(C(C)(C)C)cc4c5cc(C(C)(C)C)ccc5n(c14)B3c1cc(C(C)(C)C)cc3c4cc(C(C)(C)C)ccc4n-2c13. The quantitative estimate of drug-likeness (QED) is 0.147. The monoisotopic (exact) mass is 787 g/mol. The van der Waals surface area contributed by atoms with Crippen molar-refractivity contribution in [1.82, 2.24) is 9.05 Å². The predicted molar refractivity (Wildman–Crippen MR) is 263 cm³/mol. The highest BCUT2D eigenvalue weighted by atomic mass is 15.0. The van der Waals surface area contributed by atoms with Crippen molar-refractivity contribution >= 4 is 61.4 Å². The lowest BCUT2D eigenvalue weighted by Crippen LogP contribution is -2.55. The van der Waals surface area contributed by atoms with E-state index in [0.717, 1.165) is 0 Å². The summed E-state index contributed by atoms with van der Waals surface area (Å²) in [6.07, 6.45) is 0. The van der Waals surface area contributed by atoms with Gasteiger partial charge in [-0.2, -0.15) is 0 Å². The van der Waals surface area contributed by atoms with Crippen molar-refractivity contribution in [3.8, 4) is 27.9 Å². The van der Waals surface area contributed by atoms with Crippen LogP contribution in [0.4, 0.5) is 0 Å². The van der Waals surface area contributed by atoms with Gasteiger partial charge >= 0.3 is 6.85 Å². The molecule has 8 aromatic rings. The lowest BCUT2D eigenvalue weighted by molar-refractivity contribution is 0.590. The summed E-state index contributed by atoms with van der Waals surface area (Å²) in [5.41, 5.74) is 23.1. The molecule has 10 rings (SSSR count). The molecule has 6 aromatic carbocycles. The van der Waals surface area contributed by atoms with Crippen LogP contribution in [0.3, 0.4) is 0 Å². The van der Waals surface area contributed by atoms with Gasteiger partial charge in [-0.25, -0.2) is 0 Å². The van der Waals surface area contributed by atoms with Crippen LogP contribution in [-0.4, -0.2) is 15.9 Å². The predicted octanol–water partition coefficient (Wildman–Crippen LogP) is 14.3. The van der Waals surface area contributed by atoms with E-state index in [-0.39, 0.29) is 33.9 Å². The molecule has 0 fully saturated rings. The summed E-state index contributed by atoms with van der Waals surface area (Å²) >= 11 is 0. The molecule has 304 valence electrons. The Balaban J connectivity index is 1.45. The maximum Gasteiger partial charge on any atom is 0.333 e. The smallest absolute Gasteiger partial charge is 0.333 e. The first-order valence-corrected chi connectivity index (χ1v) is 22.4. The van der Waals surface area contributed by atoms with Crippen LogP contribution in [0.1, 0.15) is 137 Å². The number of benzene rings is 6. The minimum Gasteiger partial charge on any atom is -0.375 e. The Hall–Kier alpha value is -5.02. The van der Waals surface area contributed by atoms with Gasteiger partial charge in [0.2, 0.25) is 0 Å². The van der Waals surface area contributed by atoms with Gasteiger partial charge in [0.25, 0.3) is 0 Å². The molecule has 2 aliphatic heterocycles. The second-order valence-corrected chi connectivity index (χ2v) is 23.6. The fourth-order valence-electron chi connectivity index (χ4n) is 10.5. The first-order valence-electron chi connectivity index (χ1n) is 22.4. The summed E-state index contributed by atoms with van der Waals surface area (Å²) in [5, 5.41) is 5.44. The second kappa shape index (κ2) is 12.1. The van der Waals surface area contributed by atoms with Gasteiger partial charge in [-0.15, -0.1) is 0 Å². The Bertz CT molecular complexity index is 3150. The highest BCUT2D eigenvalue weighted by Gasteiger charge is 2.44. The fourth-order valence-corrected chi connectivity index (χ4v) is 10.5. The van der Waals surface area contributed by atoms with Crippen molar-refractivity contribution in [1.29, 1.82) is 0 Å². The van der Waals surface area contributed by atoms with Crippen molar-refractivity contribution in [2.45, 2.75) is 138 Å². The molecule has 0 saturated carbocycles. The van der Waals surface area contributed by atoms with Crippen LogP contribution in [0, 0.1) is 6.92 Å². The number of hydrogen-bond acceptors (Lipinski definition) is 0. The van der Waals surface area contributed by atoms with E-state index in [2.05, 4.69) is 211 Å². The molecule has 0 amide bonds. The zero-order valence-corrected chi connectivity index (χ0v) is 39.1. The number of aromatic nitrogens is 2. The summed E-state index contributed by atoms with van der Waals surface area (Å²) < 4.78 is 5.44. The van der Waals surface area contributed by atoms with Crippen LogP contribution in [0.2, 0.25) is 0 Å². The molecule has 0 N–H and O–H groups in total. The van der Waals surface area contributed by atoms with Gasteiger partial charge < -0.3 is 9.05 Å².